The summed E-state index contributed by atoms with van der Waals surface area (Å²) in [6.45, 7) is 3.07. The summed E-state index contributed by atoms with van der Waals surface area (Å²) in [6.07, 6.45) is 7.69. The molecule has 0 amide bonds. The zero-order chi connectivity index (χ0) is 12.2. The number of thiazole rings is 1. The van der Waals surface area contributed by atoms with E-state index in [1.807, 2.05) is 11.3 Å². The average molecular weight is 264 g/mol. The highest BCUT2D eigenvalue weighted by Crippen LogP contribution is 2.42. The lowest BCUT2D eigenvalue weighted by Gasteiger charge is -2.31. The molecule has 2 aliphatic carbocycles. The molecule has 1 N–H and O–H groups in total. The van der Waals surface area contributed by atoms with E-state index in [0.29, 0.717) is 6.04 Å². The van der Waals surface area contributed by atoms with Gasteiger partial charge in [0.25, 0.3) is 0 Å². The van der Waals surface area contributed by atoms with E-state index in [9.17, 15) is 0 Å². The first-order valence-electron chi connectivity index (χ1n) is 7.16. The van der Waals surface area contributed by atoms with Crippen LogP contribution < -0.4 is 5.32 Å². The number of fused-ring (bicyclic) bond motifs is 1. The van der Waals surface area contributed by atoms with Crippen molar-refractivity contribution < 1.29 is 4.74 Å². The molecule has 2 unspecified atom stereocenters. The molecule has 18 heavy (non-hydrogen) atoms. The van der Waals surface area contributed by atoms with Gasteiger partial charge in [-0.15, -0.1) is 11.3 Å². The van der Waals surface area contributed by atoms with Gasteiger partial charge >= 0.3 is 0 Å². The van der Waals surface area contributed by atoms with Crippen molar-refractivity contribution in [3.05, 3.63) is 15.6 Å². The molecule has 1 saturated heterocycles. The Balaban J connectivity index is 1.71. The lowest BCUT2D eigenvalue weighted by atomic mass is 9.92. The maximum absolute atomic E-state index is 5.86. The van der Waals surface area contributed by atoms with Crippen molar-refractivity contribution in [2.75, 3.05) is 6.61 Å². The summed E-state index contributed by atoms with van der Waals surface area (Å²) in [5.41, 5.74) is 1.38. The molecule has 0 spiro atoms. The first-order chi connectivity index (χ1) is 8.78. The quantitative estimate of drug-likeness (QED) is 0.910. The maximum atomic E-state index is 5.86. The monoisotopic (exact) mass is 264 g/mol. The van der Waals surface area contributed by atoms with E-state index in [1.165, 1.54) is 47.7 Å². The van der Waals surface area contributed by atoms with Gasteiger partial charge in [0.2, 0.25) is 0 Å². The fourth-order valence-corrected chi connectivity index (χ4v) is 4.66. The molecule has 0 aromatic carbocycles. The standard InChI is InChI=1S/C14H20N2OS/c1-9-14(7-8-17-9,16-10-5-6-10)13-15-11-3-2-4-12(11)18-13/h9-10,16H,2-8H2,1H3. The Morgan fingerprint density at radius 2 is 2.28 bits per heavy atom. The van der Waals surface area contributed by atoms with Crippen LogP contribution in [0.25, 0.3) is 0 Å². The number of nitrogens with one attached hydrogen (secondary N) is 1. The molecule has 1 saturated carbocycles. The summed E-state index contributed by atoms with van der Waals surface area (Å²) in [5.74, 6) is 0. The summed E-state index contributed by atoms with van der Waals surface area (Å²) < 4.78 is 5.86. The molecule has 1 aliphatic heterocycles. The van der Waals surface area contributed by atoms with Crippen LogP contribution in [0.3, 0.4) is 0 Å². The SMILES string of the molecule is CC1OCCC1(NC1CC1)c1nc2c(s1)CCC2. The van der Waals surface area contributed by atoms with Crippen LogP contribution >= 0.6 is 11.3 Å². The van der Waals surface area contributed by atoms with Crippen LogP contribution in [0.2, 0.25) is 0 Å². The maximum Gasteiger partial charge on any atom is 0.116 e. The largest absolute Gasteiger partial charge is 0.376 e. The van der Waals surface area contributed by atoms with Gasteiger partial charge < -0.3 is 10.1 Å². The second kappa shape index (κ2) is 4.02. The molecule has 2 fully saturated rings. The van der Waals surface area contributed by atoms with Crippen molar-refractivity contribution in [3.8, 4) is 0 Å². The van der Waals surface area contributed by atoms with E-state index in [1.54, 1.807) is 0 Å². The van der Waals surface area contributed by atoms with Crippen LogP contribution in [0.15, 0.2) is 0 Å². The Morgan fingerprint density at radius 1 is 1.39 bits per heavy atom. The molecule has 98 valence electrons. The molecule has 3 aliphatic rings. The highest BCUT2D eigenvalue weighted by Gasteiger charge is 2.48. The number of hydrogen-bond acceptors (Lipinski definition) is 4. The molecule has 0 bridgehead atoms. The normalized spacial score (nSPS) is 35.1. The average Bonchev–Trinajstić information content (AvgIpc) is 2.73. The van der Waals surface area contributed by atoms with Crippen LogP contribution in [0.4, 0.5) is 0 Å². The third-order valence-corrected chi connectivity index (χ3v) is 5.91. The van der Waals surface area contributed by atoms with Gasteiger partial charge in [0.05, 0.1) is 17.3 Å². The van der Waals surface area contributed by atoms with E-state index in [0.717, 1.165) is 13.0 Å². The zero-order valence-electron chi connectivity index (χ0n) is 10.9. The van der Waals surface area contributed by atoms with Gasteiger partial charge in [0.15, 0.2) is 0 Å². The molecular weight excluding hydrogens is 244 g/mol. The van der Waals surface area contributed by atoms with Gasteiger partial charge in [-0.1, -0.05) is 0 Å². The lowest BCUT2D eigenvalue weighted by Crippen LogP contribution is -2.48. The Morgan fingerprint density at radius 3 is 2.94 bits per heavy atom. The Kier molecular flexibility index (Phi) is 2.54. The third kappa shape index (κ3) is 1.66. The molecule has 2 atom stereocenters. The summed E-state index contributed by atoms with van der Waals surface area (Å²) in [6, 6.07) is 0.702. The van der Waals surface area contributed by atoms with Crippen molar-refractivity contribution in [2.24, 2.45) is 0 Å². The molecule has 4 heteroatoms. The van der Waals surface area contributed by atoms with E-state index >= 15 is 0 Å². The predicted molar refractivity (Wildman–Crippen MR) is 72.0 cm³/mol. The minimum atomic E-state index is 0.0101. The van der Waals surface area contributed by atoms with Crippen molar-refractivity contribution >= 4 is 11.3 Å². The molecule has 4 rings (SSSR count). The first kappa shape index (κ1) is 11.4. The van der Waals surface area contributed by atoms with Gasteiger partial charge in [-0.05, 0) is 45.4 Å². The fraction of sp³-hybridized carbons (Fsp3) is 0.786. The van der Waals surface area contributed by atoms with Gasteiger partial charge in [-0.3, -0.25) is 0 Å². The van der Waals surface area contributed by atoms with Crippen LogP contribution in [0, 0.1) is 0 Å². The smallest absolute Gasteiger partial charge is 0.116 e. The third-order valence-electron chi connectivity index (χ3n) is 4.57. The summed E-state index contributed by atoms with van der Waals surface area (Å²) >= 11 is 1.94. The number of hydrogen-bond donors (Lipinski definition) is 1. The molecule has 3 nitrogen and oxygen atoms in total. The van der Waals surface area contributed by atoms with Crippen LogP contribution in [-0.4, -0.2) is 23.7 Å². The second-order valence-electron chi connectivity index (χ2n) is 5.90. The fourth-order valence-electron chi connectivity index (χ4n) is 3.25. The second-order valence-corrected chi connectivity index (χ2v) is 6.98. The summed E-state index contributed by atoms with van der Waals surface area (Å²) in [5, 5.41) is 5.14. The Bertz CT molecular complexity index is 447. The number of aromatic nitrogens is 1. The van der Waals surface area contributed by atoms with Crippen molar-refractivity contribution in [3.63, 3.8) is 0 Å². The highest BCUT2D eigenvalue weighted by molar-refractivity contribution is 7.12. The number of nitrogens with zero attached hydrogens (tertiary/aromatic N) is 1. The van der Waals surface area contributed by atoms with Crippen LogP contribution in [-0.2, 0) is 23.1 Å². The summed E-state index contributed by atoms with van der Waals surface area (Å²) in [7, 11) is 0. The highest BCUT2D eigenvalue weighted by atomic mass is 32.1. The number of ether oxygens (including phenoxy) is 1. The van der Waals surface area contributed by atoms with Crippen molar-refractivity contribution in [2.45, 2.75) is 63.1 Å². The van der Waals surface area contributed by atoms with Gasteiger partial charge in [0.1, 0.15) is 5.01 Å². The van der Waals surface area contributed by atoms with E-state index in [-0.39, 0.29) is 11.6 Å². The van der Waals surface area contributed by atoms with Crippen LogP contribution in [0.5, 0.6) is 0 Å². The predicted octanol–water partition coefficient (Wildman–Crippen LogP) is 2.39. The minimum absolute atomic E-state index is 0.0101. The zero-order valence-corrected chi connectivity index (χ0v) is 11.7. The van der Waals surface area contributed by atoms with Gasteiger partial charge in [-0.2, -0.15) is 0 Å². The van der Waals surface area contributed by atoms with Gasteiger partial charge in [0, 0.05) is 17.5 Å². The van der Waals surface area contributed by atoms with Crippen LogP contribution in [0.1, 0.15) is 48.2 Å². The van der Waals surface area contributed by atoms with E-state index in [2.05, 4.69) is 12.2 Å². The Labute approximate surface area is 112 Å². The van der Waals surface area contributed by atoms with Crippen molar-refractivity contribution in [1.29, 1.82) is 0 Å². The first-order valence-corrected chi connectivity index (χ1v) is 7.98. The Hall–Kier alpha value is -0.450. The molecule has 0 radical (unpaired) electrons. The molecule has 1 aromatic rings. The number of rotatable bonds is 3. The lowest BCUT2D eigenvalue weighted by molar-refractivity contribution is 0.0809. The van der Waals surface area contributed by atoms with E-state index in [4.69, 9.17) is 9.72 Å². The van der Waals surface area contributed by atoms with E-state index < -0.39 is 0 Å². The molecule has 2 heterocycles. The summed E-state index contributed by atoms with van der Waals surface area (Å²) in [4.78, 5) is 6.48. The number of aryl methyl sites for hydroxylation is 2. The van der Waals surface area contributed by atoms with Crippen molar-refractivity contribution in [1.82, 2.24) is 10.3 Å². The van der Waals surface area contributed by atoms with Gasteiger partial charge in [-0.25, -0.2) is 4.98 Å². The molecule has 1 aromatic heterocycles. The molecular formula is C14H20N2OS. The minimum Gasteiger partial charge on any atom is -0.376 e. The topological polar surface area (TPSA) is 34.1 Å².